The molecule has 3 fully saturated rings. The highest BCUT2D eigenvalue weighted by Gasteiger charge is 2.77. The van der Waals surface area contributed by atoms with Gasteiger partial charge in [0.1, 0.15) is 6.04 Å². The second-order valence-corrected chi connectivity index (χ2v) is 12.4. The lowest BCUT2D eigenvalue weighted by molar-refractivity contribution is -0.155. The summed E-state index contributed by atoms with van der Waals surface area (Å²) in [4.78, 5) is 45.2. The zero-order chi connectivity index (χ0) is 26.3. The number of unbranched alkanes of at least 4 members (excludes halogenated alkanes) is 1. The summed E-state index contributed by atoms with van der Waals surface area (Å²) in [5, 5.41) is 9.36. The van der Waals surface area contributed by atoms with Crippen LogP contribution in [-0.4, -0.2) is 69.6 Å². The fourth-order valence-corrected chi connectivity index (χ4v) is 8.86. The molecule has 4 rings (SSSR count). The molecule has 1 aromatic rings. The third-order valence-electron chi connectivity index (χ3n) is 8.09. The number of carbonyl (C=O) groups is 3. The number of hydrogen-bond acceptors (Lipinski definition) is 6. The molecule has 3 aliphatic heterocycles. The number of benzene rings is 1. The van der Waals surface area contributed by atoms with E-state index in [0.717, 1.165) is 23.2 Å². The van der Waals surface area contributed by atoms with Crippen LogP contribution in [0.2, 0.25) is 0 Å². The summed E-state index contributed by atoms with van der Waals surface area (Å²) < 4.78 is 4.32. The van der Waals surface area contributed by atoms with Gasteiger partial charge in [0.2, 0.25) is 5.91 Å². The molecule has 0 aromatic heterocycles. The van der Waals surface area contributed by atoms with Gasteiger partial charge in [-0.2, -0.15) is 0 Å². The Bertz CT molecular complexity index is 1060. The first-order valence-electron chi connectivity index (χ1n) is 12.9. The first-order chi connectivity index (χ1) is 17.1. The van der Waals surface area contributed by atoms with Crippen LogP contribution < -0.4 is 4.90 Å². The van der Waals surface area contributed by atoms with Crippen LogP contribution >= 0.6 is 11.8 Å². The Kier molecular flexibility index (Phi) is 7.58. The van der Waals surface area contributed by atoms with Gasteiger partial charge in [0.05, 0.1) is 23.2 Å². The molecule has 2 bridgehead atoms. The number of nitrogens with zero attached hydrogens (tertiary/aromatic N) is 2. The van der Waals surface area contributed by atoms with Crippen molar-refractivity contribution in [2.75, 3.05) is 31.2 Å². The summed E-state index contributed by atoms with van der Waals surface area (Å²) in [7, 11) is 0. The Morgan fingerprint density at radius 1 is 1.31 bits per heavy atom. The molecule has 8 heteroatoms. The number of aliphatic hydroxyl groups excluding tert-OH is 1. The minimum absolute atomic E-state index is 0.0264. The van der Waals surface area contributed by atoms with Gasteiger partial charge in [0.25, 0.3) is 5.91 Å². The number of anilines is 1. The molecular formula is C28H38N2O5S. The second kappa shape index (κ2) is 10.2. The molecule has 1 aromatic carbocycles. The van der Waals surface area contributed by atoms with Gasteiger partial charge in [-0.1, -0.05) is 18.2 Å². The van der Waals surface area contributed by atoms with E-state index in [9.17, 15) is 19.5 Å². The van der Waals surface area contributed by atoms with E-state index in [1.807, 2.05) is 39.0 Å². The molecule has 2 amide bonds. The van der Waals surface area contributed by atoms with Crippen LogP contribution in [0.4, 0.5) is 5.69 Å². The van der Waals surface area contributed by atoms with Crippen molar-refractivity contribution in [2.24, 2.45) is 11.8 Å². The van der Waals surface area contributed by atoms with Crippen molar-refractivity contribution >= 4 is 35.2 Å². The van der Waals surface area contributed by atoms with Gasteiger partial charge in [0.15, 0.2) is 0 Å². The number of fused-ring (bicyclic) bond motifs is 1. The largest absolute Gasteiger partial charge is 0.466 e. The van der Waals surface area contributed by atoms with Gasteiger partial charge in [0, 0.05) is 30.1 Å². The van der Waals surface area contributed by atoms with Crippen molar-refractivity contribution < 1.29 is 24.2 Å². The van der Waals surface area contributed by atoms with Crippen molar-refractivity contribution in [3.8, 4) is 0 Å². The van der Waals surface area contributed by atoms with Crippen molar-refractivity contribution in [1.29, 1.82) is 0 Å². The summed E-state index contributed by atoms with van der Waals surface area (Å²) in [5.74, 6) is -1.78. The first kappa shape index (κ1) is 26.7. The third-order valence-corrected chi connectivity index (χ3v) is 10.1. The molecule has 3 aliphatic rings. The maximum absolute atomic E-state index is 14.5. The molecule has 2 unspecified atom stereocenters. The molecule has 1 N–H and O–H groups in total. The number of rotatable bonds is 10. The predicted octanol–water partition coefficient (Wildman–Crippen LogP) is 3.64. The van der Waals surface area contributed by atoms with Crippen LogP contribution in [0.3, 0.4) is 0 Å². The smallest absolute Gasteiger partial charge is 0.311 e. The fourth-order valence-electron chi connectivity index (χ4n) is 6.52. The number of aliphatic hydroxyl groups is 1. The normalized spacial score (nSPS) is 30.4. The molecule has 0 radical (unpaired) electrons. The minimum atomic E-state index is -0.695. The number of likely N-dealkylation sites (tertiary alicyclic amines) is 1. The number of thioether (sulfide) groups is 1. The van der Waals surface area contributed by atoms with E-state index in [2.05, 4.69) is 6.58 Å². The zero-order valence-electron chi connectivity index (χ0n) is 21.8. The molecule has 0 saturated carbocycles. The Morgan fingerprint density at radius 3 is 2.72 bits per heavy atom. The first-order valence-corrected chi connectivity index (χ1v) is 13.7. The van der Waals surface area contributed by atoms with E-state index >= 15 is 0 Å². The molecule has 5 atom stereocenters. The van der Waals surface area contributed by atoms with Crippen LogP contribution in [0, 0.1) is 25.7 Å². The van der Waals surface area contributed by atoms with Crippen molar-refractivity contribution in [3.63, 3.8) is 0 Å². The lowest BCUT2D eigenvalue weighted by Gasteiger charge is -2.37. The highest BCUT2D eigenvalue weighted by molar-refractivity contribution is 8.02. The third kappa shape index (κ3) is 4.16. The average Bonchev–Trinajstić information content (AvgIpc) is 3.40. The lowest BCUT2D eigenvalue weighted by atomic mass is 9.66. The fraction of sp³-hybridized carbons (Fsp3) is 0.607. The molecule has 0 aliphatic carbocycles. The summed E-state index contributed by atoms with van der Waals surface area (Å²) in [5.41, 5.74) is 2.83. The molecule has 3 saturated heterocycles. The molecule has 36 heavy (non-hydrogen) atoms. The quantitative estimate of drug-likeness (QED) is 0.291. The van der Waals surface area contributed by atoms with Crippen molar-refractivity contribution in [3.05, 3.63) is 42.0 Å². The Hall–Kier alpha value is -2.32. The number of esters is 1. The predicted molar refractivity (Wildman–Crippen MR) is 142 cm³/mol. The van der Waals surface area contributed by atoms with E-state index in [0.29, 0.717) is 32.4 Å². The van der Waals surface area contributed by atoms with E-state index in [-0.39, 0.29) is 31.0 Å². The molecule has 3 heterocycles. The lowest BCUT2D eigenvalue weighted by Crippen LogP contribution is -2.55. The van der Waals surface area contributed by atoms with Gasteiger partial charge < -0.3 is 19.6 Å². The second-order valence-electron chi connectivity index (χ2n) is 10.5. The molecule has 7 nitrogen and oxygen atoms in total. The number of carbonyl (C=O) groups excluding carboxylic acids is 3. The molecule has 196 valence electrons. The highest BCUT2D eigenvalue weighted by atomic mass is 32.2. The molecule has 1 spiro atoms. The summed E-state index contributed by atoms with van der Waals surface area (Å²) in [6, 6.07) is 5.33. The van der Waals surface area contributed by atoms with E-state index in [4.69, 9.17) is 4.74 Å². The van der Waals surface area contributed by atoms with Gasteiger partial charge in [-0.3, -0.25) is 14.4 Å². The van der Waals surface area contributed by atoms with Gasteiger partial charge in [-0.05, 0) is 70.6 Å². The number of hydrogen-bond donors (Lipinski definition) is 1. The van der Waals surface area contributed by atoms with Crippen LogP contribution in [0.15, 0.2) is 30.9 Å². The zero-order valence-corrected chi connectivity index (χ0v) is 22.6. The van der Waals surface area contributed by atoms with E-state index in [1.54, 1.807) is 34.6 Å². The standard InChI is InChI=1S/C28H38N2O5S/c1-6-14-29(20-17-18(3)10-11-19(20)4)25(33)23-28-13-12-27(5,36-28)22(26(34)35-7-2)21(28)24(32)30(23)15-8-9-16-31/h6,10-11,17,21-23,31H,1,7-9,12-16H2,2-5H3/t21-,22+,23?,27-,28?/m0/s1. The summed E-state index contributed by atoms with van der Waals surface area (Å²) in [6.45, 7) is 12.7. The topological polar surface area (TPSA) is 87.2 Å². The van der Waals surface area contributed by atoms with Gasteiger partial charge in [-0.15, -0.1) is 18.3 Å². The SMILES string of the molecule is C=CCN(C(=O)C1N(CCCCO)C(=O)[C@@H]2[C@H](C(=O)OCC)[C@]3(C)CCC12S3)c1cc(C)ccc1C. The highest BCUT2D eigenvalue weighted by Crippen LogP contribution is 2.71. The summed E-state index contributed by atoms with van der Waals surface area (Å²) in [6.07, 6.45) is 4.30. The monoisotopic (exact) mass is 514 g/mol. The average molecular weight is 515 g/mol. The molecular weight excluding hydrogens is 476 g/mol. The van der Waals surface area contributed by atoms with Crippen molar-refractivity contribution in [1.82, 2.24) is 4.90 Å². The number of ether oxygens (including phenoxy) is 1. The Morgan fingerprint density at radius 2 is 2.06 bits per heavy atom. The van der Waals surface area contributed by atoms with Crippen LogP contribution in [-0.2, 0) is 19.1 Å². The van der Waals surface area contributed by atoms with Crippen LogP contribution in [0.5, 0.6) is 0 Å². The minimum Gasteiger partial charge on any atom is -0.466 e. The van der Waals surface area contributed by atoms with Gasteiger partial charge in [-0.25, -0.2) is 0 Å². The Labute approximate surface area is 218 Å². The number of aryl methyl sites for hydroxylation is 2. The van der Waals surface area contributed by atoms with Gasteiger partial charge >= 0.3 is 5.97 Å². The number of amides is 2. The Balaban J connectivity index is 1.80. The van der Waals surface area contributed by atoms with E-state index in [1.165, 1.54) is 0 Å². The maximum atomic E-state index is 14.5. The van der Waals surface area contributed by atoms with E-state index < -0.39 is 27.4 Å². The maximum Gasteiger partial charge on any atom is 0.311 e. The van der Waals surface area contributed by atoms with Crippen LogP contribution in [0.1, 0.15) is 50.7 Å². The summed E-state index contributed by atoms with van der Waals surface area (Å²) >= 11 is 1.65. The van der Waals surface area contributed by atoms with Crippen LogP contribution in [0.25, 0.3) is 0 Å². The van der Waals surface area contributed by atoms with Crippen molar-refractivity contribution in [2.45, 2.75) is 68.9 Å².